The highest BCUT2D eigenvalue weighted by Gasteiger charge is 2.45. The van der Waals surface area contributed by atoms with Gasteiger partial charge in [0.2, 0.25) is 0 Å². The number of ether oxygens (including phenoxy) is 1. The van der Waals surface area contributed by atoms with Gasteiger partial charge < -0.3 is 4.74 Å². The van der Waals surface area contributed by atoms with Gasteiger partial charge >= 0.3 is 0 Å². The van der Waals surface area contributed by atoms with Crippen LogP contribution in [0, 0.1) is 20.8 Å². The van der Waals surface area contributed by atoms with Crippen molar-refractivity contribution >= 4 is 26.5 Å². The molecule has 0 saturated carbocycles. The van der Waals surface area contributed by atoms with Gasteiger partial charge in [-0.3, -0.25) is 0 Å². The fourth-order valence-electron chi connectivity index (χ4n) is 7.31. The van der Waals surface area contributed by atoms with Crippen LogP contribution in [0.2, 0.25) is 32.7 Å². The van der Waals surface area contributed by atoms with E-state index in [4.69, 9.17) is 4.74 Å². The first kappa shape index (κ1) is 31.1. The fourth-order valence-corrected chi connectivity index (χ4v) is 12.7. The van der Waals surface area contributed by atoms with Crippen LogP contribution in [0.15, 0.2) is 110 Å². The van der Waals surface area contributed by atoms with Crippen molar-refractivity contribution in [2.45, 2.75) is 59.0 Å². The summed E-state index contributed by atoms with van der Waals surface area (Å²) in [7, 11) is -4.00. The summed E-state index contributed by atoms with van der Waals surface area (Å²) in [5.41, 5.74) is 14.9. The highest BCUT2D eigenvalue weighted by Crippen LogP contribution is 2.51. The molecule has 45 heavy (non-hydrogen) atoms. The van der Waals surface area contributed by atoms with Gasteiger partial charge in [0.25, 0.3) is 0 Å². The Balaban J connectivity index is 1.62. The van der Waals surface area contributed by atoms with Gasteiger partial charge in [-0.15, -0.1) is 0 Å². The SMILES string of the molecule is C=CCOc1c([Si](C)(C)C)cc(C)cc1[Si](C)(C)C1c2cc(-c3cccc(C)c3)ccc2-c2ccc(-c3cccc(C)c3)cc21. The van der Waals surface area contributed by atoms with Gasteiger partial charge in [-0.2, -0.15) is 0 Å². The van der Waals surface area contributed by atoms with E-state index in [9.17, 15) is 0 Å². The third-order valence-electron chi connectivity index (χ3n) is 9.52. The Morgan fingerprint density at radius 1 is 0.600 bits per heavy atom. The van der Waals surface area contributed by atoms with E-state index in [1.807, 2.05) is 6.08 Å². The number of rotatable bonds is 8. The van der Waals surface area contributed by atoms with Crippen LogP contribution in [0.3, 0.4) is 0 Å². The lowest BCUT2D eigenvalue weighted by atomic mass is 9.97. The Bertz CT molecular complexity index is 1830. The summed E-state index contributed by atoms with van der Waals surface area (Å²) < 4.78 is 6.68. The van der Waals surface area contributed by atoms with Crippen molar-refractivity contribution in [2.75, 3.05) is 6.61 Å². The summed E-state index contributed by atoms with van der Waals surface area (Å²) in [5, 5.41) is 2.84. The van der Waals surface area contributed by atoms with E-state index < -0.39 is 16.1 Å². The molecular formula is C42H46OSi2. The molecule has 1 nitrogen and oxygen atoms in total. The van der Waals surface area contributed by atoms with Gasteiger partial charge in [0.05, 0.1) is 16.1 Å². The molecule has 5 aromatic rings. The molecule has 0 unspecified atom stereocenters. The Hall–Kier alpha value is -3.93. The number of fused-ring (bicyclic) bond motifs is 3. The second-order valence-corrected chi connectivity index (χ2v) is 24.1. The van der Waals surface area contributed by atoms with Crippen LogP contribution >= 0.6 is 0 Å². The lowest BCUT2D eigenvalue weighted by Crippen LogP contribution is -2.52. The molecule has 0 radical (unpaired) electrons. The molecule has 6 rings (SSSR count). The van der Waals surface area contributed by atoms with E-state index in [0.29, 0.717) is 6.61 Å². The highest BCUT2D eigenvalue weighted by atomic mass is 28.3. The Labute approximate surface area is 272 Å². The minimum atomic E-state index is -2.29. The van der Waals surface area contributed by atoms with Gasteiger partial charge in [-0.25, -0.2) is 0 Å². The third kappa shape index (κ3) is 5.80. The van der Waals surface area contributed by atoms with E-state index in [0.717, 1.165) is 5.75 Å². The molecule has 0 aliphatic heterocycles. The summed E-state index contributed by atoms with van der Waals surface area (Å²) in [6.45, 7) is 23.6. The minimum Gasteiger partial charge on any atom is -0.490 e. The first-order valence-electron chi connectivity index (χ1n) is 16.2. The van der Waals surface area contributed by atoms with Crippen molar-refractivity contribution in [3.8, 4) is 39.1 Å². The van der Waals surface area contributed by atoms with Crippen LogP contribution in [0.5, 0.6) is 5.75 Å². The topological polar surface area (TPSA) is 9.23 Å². The summed E-state index contributed by atoms with van der Waals surface area (Å²) in [4.78, 5) is 0. The zero-order valence-electron chi connectivity index (χ0n) is 28.2. The Morgan fingerprint density at radius 3 is 1.56 bits per heavy atom. The van der Waals surface area contributed by atoms with E-state index in [-0.39, 0.29) is 5.54 Å². The maximum absolute atomic E-state index is 6.68. The molecule has 0 heterocycles. The van der Waals surface area contributed by atoms with Gasteiger partial charge in [-0.1, -0.05) is 159 Å². The van der Waals surface area contributed by atoms with Gasteiger partial charge in [0, 0.05) is 5.54 Å². The second-order valence-electron chi connectivity index (χ2n) is 14.5. The Morgan fingerprint density at radius 2 is 1.09 bits per heavy atom. The summed E-state index contributed by atoms with van der Waals surface area (Å²) >= 11 is 0. The average molecular weight is 623 g/mol. The predicted octanol–water partition coefficient (Wildman–Crippen LogP) is 10.3. The fraction of sp³-hybridized carbons (Fsp3) is 0.238. The van der Waals surface area contributed by atoms with Crippen LogP contribution in [0.4, 0.5) is 0 Å². The van der Waals surface area contributed by atoms with Crippen molar-refractivity contribution < 1.29 is 4.74 Å². The average Bonchev–Trinajstić information content (AvgIpc) is 3.33. The van der Waals surface area contributed by atoms with Gasteiger partial charge in [0.1, 0.15) is 12.4 Å². The molecule has 0 fully saturated rings. The normalized spacial score (nSPS) is 13.0. The molecule has 1 aliphatic rings. The molecule has 0 spiro atoms. The molecule has 0 N–H and O–H groups in total. The van der Waals surface area contributed by atoms with Gasteiger partial charge in [0.15, 0.2) is 0 Å². The summed E-state index contributed by atoms with van der Waals surface area (Å²) in [5.74, 6) is 1.12. The minimum absolute atomic E-state index is 0.277. The number of aryl methyl sites for hydroxylation is 3. The Kier molecular flexibility index (Phi) is 8.13. The predicted molar refractivity (Wildman–Crippen MR) is 201 cm³/mol. The number of hydrogen-bond donors (Lipinski definition) is 0. The monoisotopic (exact) mass is 622 g/mol. The van der Waals surface area contributed by atoms with Crippen molar-refractivity contribution in [3.05, 3.63) is 138 Å². The van der Waals surface area contributed by atoms with Crippen LogP contribution in [0.25, 0.3) is 33.4 Å². The molecule has 5 aromatic carbocycles. The second kappa shape index (κ2) is 11.8. The molecule has 0 bridgehead atoms. The third-order valence-corrected chi connectivity index (χ3v) is 15.3. The lowest BCUT2D eigenvalue weighted by molar-refractivity contribution is 0.368. The van der Waals surface area contributed by atoms with E-state index in [1.165, 1.54) is 71.6 Å². The van der Waals surface area contributed by atoms with E-state index >= 15 is 0 Å². The zero-order chi connectivity index (χ0) is 32.1. The first-order chi connectivity index (χ1) is 21.4. The zero-order valence-corrected chi connectivity index (χ0v) is 30.2. The molecule has 0 amide bonds. The van der Waals surface area contributed by atoms with Crippen LogP contribution in [-0.2, 0) is 0 Å². The first-order valence-corrected chi connectivity index (χ1v) is 22.8. The number of benzene rings is 5. The molecule has 228 valence electrons. The van der Waals surface area contributed by atoms with Crippen molar-refractivity contribution in [1.29, 1.82) is 0 Å². The molecule has 0 aromatic heterocycles. The van der Waals surface area contributed by atoms with E-state index in [2.05, 4.69) is 157 Å². The van der Waals surface area contributed by atoms with Crippen molar-refractivity contribution in [3.63, 3.8) is 0 Å². The quantitative estimate of drug-likeness (QED) is 0.124. The lowest BCUT2D eigenvalue weighted by Gasteiger charge is -2.36. The van der Waals surface area contributed by atoms with Crippen LogP contribution < -0.4 is 15.1 Å². The number of hydrogen-bond acceptors (Lipinski definition) is 1. The highest BCUT2D eigenvalue weighted by molar-refractivity contribution is 6.94. The van der Waals surface area contributed by atoms with E-state index in [1.54, 1.807) is 0 Å². The maximum Gasteiger partial charge on any atom is 0.118 e. The molecule has 0 saturated heterocycles. The molecular weight excluding hydrogens is 577 g/mol. The van der Waals surface area contributed by atoms with Crippen molar-refractivity contribution in [2.24, 2.45) is 0 Å². The molecule has 3 heteroatoms. The van der Waals surface area contributed by atoms with Crippen LogP contribution in [-0.4, -0.2) is 22.8 Å². The smallest absolute Gasteiger partial charge is 0.118 e. The maximum atomic E-state index is 6.68. The summed E-state index contributed by atoms with van der Waals surface area (Å²) in [6.07, 6.45) is 1.88. The van der Waals surface area contributed by atoms with Crippen molar-refractivity contribution in [1.82, 2.24) is 0 Å². The van der Waals surface area contributed by atoms with Crippen LogP contribution in [0.1, 0.15) is 33.4 Å². The standard InChI is InChI=1S/C42H46OSi2/c1-10-21-43-41-39(44(5,6)7)24-30(4)25-40(41)45(8,9)42-37-26-33(31-15-11-13-28(2)22-31)17-19-35(37)36-20-18-34(27-38(36)42)32-16-12-14-29(3)23-32/h10-20,22-27,42H,1,21H2,2-9H3. The summed E-state index contributed by atoms with van der Waals surface area (Å²) in [6, 6.07) is 37.0. The molecule has 0 atom stereocenters. The largest absolute Gasteiger partial charge is 0.490 e. The van der Waals surface area contributed by atoms with Gasteiger partial charge in [-0.05, 0) is 75.7 Å². The molecule has 1 aliphatic carbocycles.